The molecule has 2 heterocycles. The summed E-state index contributed by atoms with van der Waals surface area (Å²) in [5, 5.41) is 7.47. The van der Waals surface area contributed by atoms with Crippen LogP contribution in [-0.4, -0.2) is 25.5 Å². The van der Waals surface area contributed by atoms with Gasteiger partial charge in [0.25, 0.3) is 11.5 Å². The molecule has 0 fully saturated rings. The van der Waals surface area contributed by atoms with Crippen LogP contribution in [0.15, 0.2) is 29.2 Å². The molecule has 0 atom stereocenters. The third kappa shape index (κ3) is 2.86. The van der Waals surface area contributed by atoms with E-state index in [1.54, 1.807) is 10.6 Å². The standard InChI is InChI=1S/C11H14N6O2/c1-8-3-2-4-10(18)17(8)6-5-16-7-9(14-15-16)11(19)13-12/h2-4,7H,5-6,12H2,1H3,(H,13,19). The first-order valence-electron chi connectivity index (χ1n) is 5.69. The molecule has 0 saturated carbocycles. The molecule has 8 heteroatoms. The van der Waals surface area contributed by atoms with E-state index in [-0.39, 0.29) is 11.3 Å². The first-order valence-corrected chi connectivity index (χ1v) is 5.69. The Morgan fingerprint density at radius 3 is 2.89 bits per heavy atom. The Labute approximate surface area is 108 Å². The van der Waals surface area contributed by atoms with Gasteiger partial charge in [-0.15, -0.1) is 5.10 Å². The number of amides is 1. The second kappa shape index (κ2) is 5.44. The summed E-state index contributed by atoms with van der Waals surface area (Å²) in [6, 6.07) is 5.07. The number of aryl methyl sites for hydroxylation is 2. The van der Waals surface area contributed by atoms with E-state index in [1.807, 2.05) is 18.4 Å². The predicted octanol–water partition coefficient (Wildman–Crippen LogP) is -0.948. The molecule has 2 aromatic heterocycles. The molecular weight excluding hydrogens is 248 g/mol. The summed E-state index contributed by atoms with van der Waals surface area (Å²) in [5.41, 5.74) is 2.91. The van der Waals surface area contributed by atoms with E-state index in [0.717, 1.165) is 5.69 Å². The molecule has 0 spiro atoms. The van der Waals surface area contributed by atoms with Crippen molar-refractivity contribution in [2.45, 2.75) is 20.0 Å². The molecule has 0 saturated heterocycles. The molecule has 1 amide bonds. The Morgan fingerprint density at radius 2 is 2.21 bits per heavy atom. The quantitative estimate of drug-likeness (QED) is 0.419. The fourth-order valence-corrected chi connectivity index (χ4v) is 1.70. The summed E-state index contributed by atoms with van der Waals surface area (Å²) >= 11 is 0. The van der Waals surface area contributed by atoms with Crippen LogP contribution in [0.5, 0.6) is 0 Å². The number of nitrogens with one attached hydrogen (secondary N) is 1. The SMILES string of the molecule is Cc1cccc(=O)n1CCn1cc(C(=O)NN)nn1. The van der Waals surface area contributed by atoms with E-state index in [0.29, 0.717) is 13.1 Å². The third-order valence-electron chi connectivity index (χ3n) is 2.72. The van der Waals surface area contributed by atoms with Crippen LogP contribution in [0.4, 0.5) is 0 Å². The zero-order valence-corrected chi connectivity index (χ0v) is 10.4. The van der Waals surface area contributed by atoms with Crippen LogP contribution < -0.4 is 16.8 Å². The highest BCUT2D eigenvalue weighted by Gasteiger charge is 2.09. The molecule has 0 aliphatic heterocycles. The van der Waals surface area contributed by atoms with Gasteiger partial charge in [0.2, 0.25) is 0 Å². The summed E-state index contributed by atoms with van der Waals surface area (Å²) in [7, 11) is 0. The van der Waals surface area contributed by atoms with Crippen molar-refractivity contribution in [2.75, 3.05) is 0 Å². The minimum atomic E-state index is -0.501. The third-order valence-corrected chi connectivity index (χ3v) is 2.72. The predicted molar refractivity (Wildman–Crippen MR) is 67.1 cm³/mol. The second-order valence-electron chi connectivity index (χ2n) is 4.00. The van der Waals surface area contributed by atoms with E-state index < -0.39 is 5.91 Å². The summed E-state index contributed by atoms with van der Waals surface area (Å²) in [4.78, 5) is 22.9. The van der Waals surface area contributed by atoms with Gasteiger partial charge in [-0.2, -0.15) is 0 Å². The molecular formula is C11H14N6O2. The van der Waals surface area contributed by atoms with Gasteiger partial charge in [-0.05, 0) is 13.0 Å². The van der Waals surface area contributed by atoms with Crippen LogP contribution >= 0.6 is 0 Å². The number of hydrogen-bond acceptors (Lipinski definition) is 5. The molecule has 8 nitrogen and oxygen atoms in total. The van der Waals surface area contributed by atoms with Crippen LogP contribution in [0.2, 0.25) is 0 Å². The fourth-order valence-electron chi connectivity index (χ4n) is 1.70. The van der Waals surface area contributed by atoms with Gasteiger partial charge in [0.15, 0.2) is 5.69 Å². The molecule has 0 aromatic carbocycles. The van der Waals surface area contributed by atoms with E-state index in [1.165, 1.54) is 16.9 Å². The van der Waals surface area contributed by atoms with E-state index >= 15 is 0 Å². The molecule has 2 aromatic rings. The maximum atomic E-state index is 11.7. The van der Waals surface area contributed by atoms with Gasteiger partial charge >= 0.3 is 0 Å². The van der Waals surface area contributed by atoms with Crippen molar-refractivity contribution in [3.8, 4) is 0 Å². The number of rotatable bonds is 4. The van der Waals surface area contributed by atoms with Gasteiger partial charge in [-0.3, -0.25) is 15.0 Å². The zero-order valence-electron chi connectivity index (χ0n) is 10.4. The Balaban J connectivity index is 2.09. The molecule has 19 heavy (non-hydrogen) atoms. The first-order chi connectivity index (χ1) is 9.11. The highest BCUT2D eigenvalue weighted by Crippen LogP contribution is 1.97. The summed E-state index contributed by atoms with van der Waals surface area (Å²) < 4.78 is 3.12. The van der Waals surface area contributed by atoms with Crippen LogP contribution in [0.1, 0.15) is 16.2 Å². The van der Waals surface area contributed by atoms with Gasteiger partial charge in [0, 0.05) is 18.3 Å². The molecule has 3 N–H and O–H groups in total. The number of nitrogens with zero attached hydrogens (tertiary/aromatic N) is 4. The molecule has 0 aliphatic carbocycles. The van der Waals surface area contributed by atoms with Crippen molar-refractivity contribution in [1.82, 2.24) is 25.0 Å². The Bertz CT molecular complexity index is 645. The number of nitrogens with two attached hydrogens (primary N) is 1. The van der Waals surface area contributed by atoms with E-state index in [4.69, 9.17) is 5.84 Å². The highest BCUT2D eigenvalue weighted by molar-refractivity contribution is 5.91. The second-order valence-corrected chi connectivity index (χ2v) is 4.00. The van der Waals surface area contributed by atoms with Gasteiger partial charge in [0.1, 0.15) is 0 Å². The molecule has 0 bridgehead atoms. The smallest absolute Gasteiger partial charge is 0.287 e. The summed E-state index contributed by atoms with van der Waals surface area (Å²) in [5.74, 6) is 4.50. The minimum absolute atomic E-state index is 0.0694. The van der Waals surface area contributed by atoms with Gasteiger partial charge in [-0.1, -0.05) is 11.3 Å². The fraction of sp³-hybridized carbons (Fsp3) is 0.273. The normalized spacial score (nSPS) is 10.4. The van der Waals surface area contributed by atoms with Crippen LogP contribution in [-0.2, 0) is 13.1 Å². The van der Waals surface area contributed by atoms with Crippen molar-refractivity contribution < 1.29 is 4.79 Å². The first kappa shape index (κ1) is 13.0. The number of pyridine rings is 1. The molecule has 0 aliphatic rings. The van der Waals surface area contributed by atoms with Crippen molar-refractivity contribution in [2.24, 2.45) is 5.84 Å². The van der Waals surface area contributed by atoms with Crippen molar-refractivity contribution in [1.29, 1.82) is 0 Å². The number of carbonyl (C=O) groups excluding carboxylic acids is 1. The Kier molecular flexibility index (Phi) is 3.71. The zero-order chi connectivity index (χ0) is 13.8. The summed E-state index contributed by atoms with van der Waals surface area (Å²) in [6.07, 6.45) is 1.48. The van der Waals surface area contributed by atoms with E-state index in [9.17, 15) is 9.59 Å². The number of hydrazine groups is 1. The molecule has 2 rings (SSSR count). The average Bonchev–Trinajstić information content (AvgIpc) is 2.86. The average molecular weight is 262 g/mol. The lowest BCUT2D eigenvalue weighted by atomic mass is 10.3. The Hall–Kier alpha value is -2.48. The lowest BCUT2D eigenvalue weighted by molar-refractivity contribution is 0.0948. The number of aromatic nitrogens is 4. The number of hydrogen-bond donors (Lipinski definition) is 2. The lowest BCUT2D eigenvalue weighted by Gasteiger charge is -2.08. The lowest BCUT2D eigenvalue weighted by Crippen LogP contribution is -2.30. The topological polar surface area (TPSA) is 108 Å². The maximum absolute atomic E-state index is 11.7. The number of carbonyl (C=O) groups is 1. The minimum Gasteiger partial charge on any atom is -0.311 e. The van der Waals surface area contributed by atoms with Crippen LogP contribution in [0.25, 0.3) is 0 Å². The summed E-state index contributed by atoms with van der Waals surface area (Å²) in [6.45, 7) is 2.75. The van der Waals surface area contributed by atoms with Crippen molar-refractivity contribution in [3.05, 3.63) is 46.1 Å². The van der Waals surface area contributed by atoms with E-state index in [2.05, 4.69) is 10.3 Å². The molecule has 0 unspecified atom stereocenters. The largest absolute Gasteiger partial charge is 0.311 e. The van der Waals surface area contributed by atoms with Gasteiger partial charge < -0.3 is 4.57 Å². The maximum Gasteiger partial charge on any atom is 0.287 e. The van der Waals surface area contributed by atoms with Gasteiger partial charge in [-0.25, -0.2) is 10.5 Å². The molecule has 100 valence electrons. The van der Waals surface area contributed by atoms with Crippen LogP contribution in [0.3, 0.4) is 0 Å². The Morgan fingerprint density at radius 1 is 1.42 bits per heavy atom. The van der Waals surface area contributed by atoms with Crippen molar-refractivity contribution in [3.63, 3.8) is 0 Å². The highest BCUT2D eigenvalue weighted by atomic mass is 16.2. The number of nitrogen functional groups attached to an aromatic ring is 1. The van der Waals surface area contributed by atoms with Gasteiger partial charge in [0.05, 0.1) is 12.7 Å². The van der Waals surface area contributed by atoms with Crippen molar-refractivity contribution >= 4 is 5.91 Å². The monoisotopic (exact) mass is 262 g/mol. The van der Waals surface area contributed by atoms with Crippen LogP contribution in [0, 0.1) is 6.92 Å². The molecule has 0 radical (unpaired) electrons.